The highest BCUT2D eigenvalue weighted by atomic mass is 16.6. The topological polar surface area (TPSA) is 135 Å². The molecule has 376 valence electrons. The minimum absolute atomic E-state index is 0.0531. The van der Waals surface area contributed by atoms with Crippen LogP contribution in [0.1, 0.15) is 87.4 Å². The van der Waals surface area contributed by atoms with Crippen LogP contribution in [-0.2, 0) is 58.3 Å². The number of rotatable bonds is 28. The maximum atomic E-state index is 13.4. The number of amides is 1. The molecule has 14 nitrogen and oxygen atoms in total. The minimum Gasteiger partial charge on any atom is -0.379 e. The summed E-state index contributed by atoms with van der Waals surface area (Å²) in [4.78, 5) is 26.9. The molecule has 0 spiro atoms. The van der Waals surface area contributed by atoms with Crippen molar-refractivity contribution >= 4 is 28.8 Å². The number of hydrogen-bond donors (Lipinski definition) is 1. The van der Waals surface area contributed by atoms with Gasteiger partial charge in [0.05, 0.1) is 123 Å². The van der Waals surface area contributed by atoms with Gasteiger partial charge < -0.3 is 52.8 Å². The number of Topliss-reactive ketones (excluding diaryl/α,β-unsaturated/α-hetero) is 1. The van der Waals surface area contributed by atoms with Crippen molar-refractivity contribution in [1.82, 2.24) is 5.32 Å². The van der Waals surface area contributed by atoms with Gasteiger partial charge in [-0.05, 0) is 87.4 Å². The third kappa shape index (κ3) is 12.2. The lowest BCUT2D eigenvalue weighted by Crippen LogP contribution is -2.46. The van der Waals surface area contributed by atoms with Gasteiger partial charge in [0.2, 0.25) is 5.69 Å². The lowest BCUT2D eigenvalue weighted by Gasteiger charge is -2.44. The largest absolute Gasteiger partial charge is 0.379 e. The van der Waals surface area contributed by atoms with Crippen molar-refractivity contribution in [2.75, 3.05) is 130 Å². The third-order valence-corrected chi connectivity index (χ3v) is 14.3. The Balaban J connectivity index is 0.697. The van der Waals surface area contributed by atoms with Crippen LogP contribution in [0.25, 0.3) is 0 Å². The Morgan fingerprint density at radius 3 is 1.90 bits per heavy atom. The van der Waals surface area contributed by atoms with E-state index in [-0.39, 0.29) is 34.7 Å². The summed E-state index contributed by atoms with van der Waals surface area (Å²) in [5.74, 6) is 0.527. The number of fused-ring (bicyclic) bond motifs is 9. The van der Waals surface area contributed by atoms with Crippen molar-refractivity contribution in [3.05, 3.63) is 93.2 Å². The normalized spacial score (nSPS) is 21.4. The molecule has 1 aliphatic carbocycles. The first-order chi connectivity index (χ1) is 33.4. The van der Waals surface area contributed by atoms with Crippen LogP contribution in [0.4, 0.5) is 11.4 Å². The Hall–Kier alpha value is -4.09. The van der Waals surface area contributed by atoms with Crippen LogP contribution in [0, 0.1) is 12.8 Å². The molecule has 0 saturated carbocycles. The number of nitrogens with zero attached hydrogens (tertiary/aromatic N) is 2. The predicted molar refractivity (Wildman–Crippen MR) is 264 cm³/mol. The number of aryl methyl sites for hydroxylation is 1. The van der Waals surface area contributed by atoms with Gasteiger partial charge in [0.15, 0.2) is 12.3 Å². The summed E-state index contributed by atoms with van der Waals surface area (Å²) in [6.07, 6.45) is 8.72. The number of ketones is 1. The Morgan fingerprint density at radius 2 is 1.29 bits per heavy atom. The van der Waals surface area contributed by atoms with Gasteiger partial charge in [-0.25, -0.2) is 0 Å². The molecule has 2 aromatic rings. The first-order valence-corrected chi connectivity index (χ1v) is 25.4. The second-order valence-electron chi connectivity index (χ2n) is 19.9. The Morgan fingerprint density at radius 1 is 0.696 bits per heavy atom. The van der Waals surface area contributed by atoms with Crippen molar-refractivity contribution in [3.8, 4) is 0 Å². The van der Waals surface area contributed by atoms with Crippen molar-refractivity contribution in [1.29, 1.82) is 0 Å². The molecule has 5 heterocycles. The number of benzene rings is 2. The zero-order valence-corrected chi connectivity index (χ0v) is 42.0. The van der Waals surface area contributed by atoms with Gasteiger partial charge in [0.25, 0.3) is 5.91 Å². The van der Waals surface area contributed by atoms with Crippen LogP contribution >= 0.6 is 0 Å². The second-order valence-corrected chi connectivity index (χ2v) is 19.9. The van der Waals surface area contributed by atoms with Crippen molar-refractivity contribution in [2.45, 2.75) is 90.3 Å². The molecule has 14 heteroatoms. The molecule has 0 unspecified atom stereocenters. The van der Waals surface area contributed by atoms with E-state index in [0.717, 1.165) is 32.4 Å². The van der Waals surface area contributed by atoms with Crippen LogP contribution in [0.15, 0.2) is 71.0 Å². The molecule has 0 aromatic heterocycles. The summed E-state index contributed by atoms with van der Waals surface area (Å²) in [5, 5.41) is 3.05. The molecule has 69 heavy (non-hydrogen) atoms. The van der Waals surface area contributed by atoms with E-state index in [0.29, 0.717) is 130 Å². The Bertz CT molecular complexity index is 2260. The monoisotopic (exact) mass is 955 g/mol. The maximum absolute atomic E-state index is 13.4. The molecular weight excluding hydrogens is 879 g/mol. The molecule has 5 aliphatic heterocycles. The van der Waals surface area contributed by atoms with Crippen LogP contribution in [-0.4, -0.2) is 160 Å². The number of nitrogens with one attached hydrogen (secondary N) is 1. The Kier molecular flexibility index (Phi) is 17.7. The summed E-state index contributed by atoms with van der Waals surface area (Å²) in [5.41, 5.74) is 13.6. The van der Waals surface area contributed by atoms with Gasteiger partial charge in [-0.2, -0.15) is 4.58 Å². The maximum Gasteiger partial charge on any atom is 0.251 e. The fourth-order valence-corrected chi connectivity index (χ4v) is 10.9. The van der Waals surface area contributed by atoms with Crippen LogP contribution in [0.3, 0.4) is 0 Å². The van der Waals surface area contributed by atoms with Gasteiger partial charge in [0, 0.05) is 65.5 Å². The number of anilines is 1. The number of hydrogen-bond acceptors (Lipinski definition) is 12. The number of carbonyl (C=O) groups is 2. The van der Waals surface area contributed by atoms with E-state index < -0.39 is 0 Å². The smallest absolute Gasteiger partial charge is 0.251 e. The van der Waals surface area contributed by atoms with Crippen LogP contribution in [0.2, 0.25) is 0 Å². The lowest BCUT2D eigenvalue weighted by molar-refractivity contribution is -0.445. The first-order valence-electron chi connectivity index (χ1n) is 25.4. The molecule has 0 saturated heterocycles. The molecule has 6 aliphatic rings. The highest BCUT2D eigenvalue weighted by molar-refractivity contribution is 6.09. The summed E-state index contributed by atoms with van der Waals surface area (Å²) in [6, 6.07) is 13.1. The molecule has 0 radical (unpaired) electrons. The van der Waals surface area contributed by atoms with Gasteiger partial charge in [-0.15, -0.1) is 0 Å². The van der Waals surface area contributed by atoms with E-state index in [2.05, 4.69) is 91.9 Å². The predicted octanol–water partition coefficient (Wildman–Crippen LogP) is 6.71. The fourth-order valence-electron chi connectivity index (χ4n) is 10.9. The highest BCUT2D eigenvalue weighted by Gasteiger charge is 2.54. The molecule has 1 N–H and O–H groups in total. The average Bonchev–Trinajstić information content (AvgIpc) is 3.70. The zero-order chi connectivity index (χ0) is 48.4. The van der Waals surface area contributed by atoms with Gasteiger partial charge >= 0.3 is 0 Å². The van der Waals surface area contributed by atoms with Crippen LogP contribution < -0.4 is 10.2 Å². The molecule has 1 amide bonds. The minimum atomic E-state index is -0.302. The van der Waals surface area contributed by atoms with Crippen LogP contribution in [0.5, 0.6) is 0 Å². The number of carbonyl (C=O) groups excluding carboxylic acids is 2. The first kappa shape index (κ1) is 51.3. The third-order valence-electron chi connectivity index (χ3n) is 14.3. The molecule has 2 aromatic carbocycles. The Labute approximate surface area is 409 Å². The fraction of sp³-hybridized carbons (Fsp3) is 0.618. The summed E-state index contributed by atoms with van der Waals surface area (Å²) in [7, 11) is 0. The molecule has 0 fully saturated rings. The lowest BCUT2D eigenvalue weighted by atomic mass is 9.71. The summed E-state index contributed by atoms with van der Waals surface area (Å²) < 4.78 is 53.7. The summed E-state index contributed by atoms with van der Waals surface area (Å²) >= 11 is 0. The van der Waals surface area contributed by atoms with E-state index in [1.54, 1.807) is 6.92 Å². The van der Waals surface area contributed by atoms with E-state index in [1.807, 2.05) is 6.07 Å². The quantitative estimate of drug-likeness (QED) is 0.0718. The van der Waals surface area contributed by atoms with Crippen molar-refractivity contribution in [2.24, 2.45) is 5.92 Å². The van der Waals surface area contributed by atoms with E-state index >= 15 is 0 Å². The van der Waals surface area contributed by atoms with E-state index in [4.69, 9.17) is 42.6 Å². The SMILES string of the molecule is CC(=O)CCOCCOCCOCCOCCOCCOCCOCCOCCNC(=O)c1ccc2c(c1)C(C)(C)C1=[N+]2CC[C@H]2O[C@H]3C[C@H]4CCN5C(=C4C=C3C=C12)C(C)(C)c1cc(C)ccc15. The van der Waals surface area contributed by atoms with Crippen molar-refractivity contribution < 1.29 is 56.8 Å². The summed E-state index contributed by atoms with van der Waals surface area (Å²) in [6.45, 7) is 23.0. The molecule has 0 bridgehead atoms. The molecule has 3 atom stereocenters. The van der Waals surface area contributed by atoms with Crippen molar-refractivity contribution in [3.63, 3.8) is 0 Å². The van der Waals surface area contributed by atoms with Gasteiger partial charge in [-0.1, -0.05) is 37.6 Å². The van der Waals surface area contributed by atoms with Gasteiger partial charge in [0.1, 0.15) is 5.78 Å². The highest BCUT2D eigenvalue weighted by Crippen LogP contribution is 2.55. The number of allylic oxidation sites excluding steroid dienone is 3. The zero-order valence-electron chi connectivity index (χ0n) is 42.0. The van der Waals surface area contributed by atoms with Gasteiger partial charge in [-0.3, -0.25) is 9.59 Å². The number of ether oxygens (including phenoxy) is 9. The molecule has 8 rings (SSSR count). The second kappa shape index (κ2) is 23.9. The molecular formula is C55H76N3O11+. The van der Waals surface area contributed by atoms with E-state index in [1.165, 1.54) is 56.2 Å². The van der Waals surface area contributed by atoms with E-state index in [9.17, 15) is 9.59 Å². The standard InChI is InChI=1S/C55H75N3O11/c1-38-7-9-47-45(33-38)54(3,4)51-43-34-42-35-44-49(69-50(42)37-40(43)11-15-57(47)51)12-16-58-48-10-8-41(36-46(48)55(5,6)52(44)58)53(60)56-14-18-62-20-22-64-24-26-66-28-30-68-32-31-67-29-27-65-25-23-63-21-19-61-17-13-39(2)59/h7-10,33-36,40,49-50H,11-32,37H2,1-6H3/p+1/t40-,49-,50+/m1/s1. The average molecular weight is 955 g/mol.